The standard InChI is InChI=1S/C28H28N8/c1-3-21(29-9-1)27-33-15-25(35-27)18-7-5-17(6-8-18)19-11-23-24(31-13-19)12-20(14-32-23)26-16-34-28(36-26)22-4-2-10-30-22/h5-8,11-16,21-22,29-30H,1-4,9-10H2,(H,33,35)(H,34,36)/t21-,22-/m0/s1. The quantitative estimate of drug-likeness (QED) is 0.287. The number of fused-ring (bicyclic) bond motifs is 1. The molecule has 0 spiro atoms. The minimum atomic E-state index is 0.318. The van der Waals surface area contributed by atoms with E-state index in [2.05, 4.69) is 62.0 Å². The molecule has 8 heteroatoms. The highest BCUT2D eigenvalue weighted by Gasteiger charge is 2.20. The minimum Gasteiger partial charge on any atom is -0.347 e. The largest absolute Gasteiger partial charge is 0.347 e. The third-order valence-electron chi connectivity index (χ3n) is 7.33. The Balaban J connectivity index is 1.11. The normalized spacial score (nSPS) is 19.9. The number of aromatic nitrogens is 6. The number of imidazole rings is 2. The highest BCUT2D eigenvalue weighted by atomic mass is 15.0. The van der Waals surface area contributed by atoms with Crippen LogP contribution in [0.2, 0.25) is 0 Å². The Morgan fingerprint density at radius 2 is 1.33 bits per heavy atom. The Hall–Kier alpha value is -3.88. The zero-order valence-corrected chi connectivity index (χ0v) is 20.0. The molecule has 2 saturated heterocycles. The monoisotopic (exact) mass is 476 g/mol. The summed E-state index contributed by atoms with van der Waals surface area (Å²) < 4.78 is 0. The van der Waals surface area contributed by atoms with Gasteiger partial charge in [-0.3, -0.25) is 9.97 Å². The van der Waals surface area contributed by atoms with Crippen molar-refractivity contribution in [1.82, 2.24) is 40.5 Å². The average Bonchev–Trinajstić information content (AvgIpc) is 3.75. The molecule has 36 heavy (non-hydrogen) atoms. The lowest BCUT2D eigenvalue weighted by molar-refractivity contribution is 0.613. The van der Waals surface area contributed by atoms with Gasteiger partial charge < -0.3 is 20.6 Å². The van der Waals surface area contributed by atoms with Crippen LogP contribution in [0.15, 0.2) is 61.2 Å². The molecule has 7 rings (SSSR count). The number of rotatable bonds is 5. The smallest absolute Gasteiger partial charge is 0.124 e. The molecule has 0 unspecified atom stereocenters. The molecule has 4 N–H and O–H groups in total. The van der Waals surface area contributed by atoms with Crippen LogP contribution in [0.3, 0.4) is 0 Å². The molecule has 2 aliphatic heterocycles. The molecular weight excluding hydrogens is 448 g/mol. The molecule has 8 nitrogen and oxygen atoms in total. The molecule has 0 amide bonds. The van der Waals surface area contributed by atoms with Crippen LogP contribution in [0.5, 0.6) is 0 Å². The number of hydrogen-bond donors (Lipinski definition) is 4. The summed E-state index contributed by atoms with van der Waals surface area (Å²) in [7, 11) is 0. The number of benzene rings is 1. The van der Waals surface area contributed by atoms with E-state index in [1.54, 1.807) is 0 Å². The Labute approximate surface area is 209 Å². The van der Waals surface area contributed by atoms with Crippen molar-refractivity contribution in [1.29, 1.82) is 0 Å². The van der Waals surface area contributed by atoms with Gasteiger partial charge in [0, 0.05) is 35.3 Å². The molecule has 6 heterocycles. The first kappa shape index (κ1) is 21.4. The van der Waals surface area contributed by atoms with Gasteiger partial charge in [0.15, 0.2) is 0 Å². The number of aromatic amines is 2. The van der Waals surface area contributed by atoms with Gasteiger partial charge in [0.25, 0.3) is 0 Å². The van der Waals surface area contributed by atoms with Gasteiger partial charge in [0.05, 0.1) is 40.7 Å². The maximum atomic E-state index is 4.81. The topological polar surface area (TPSA) is 107 Å². The minimum absolute atomic E-state index is 0.318. The summed E-state index contributed by atoms with van der Waals surface area (Å²) in [6.07, 6.45) is 12.3. The van der Waals surface area contributed by atoms with Gasteiger partial charge in [-0.15, -0.1) is 0 Å². The Morgan fingerprint density at radius 3 is 2.06 bits per heavy atom. The van der Waals surface area contributed by atoms with E-state index in [-0.39, 0.29) is 0 Å². The lowest BCUT2D eigenvalue weighted by atomic mass is 10.0. The zero-order valence-electron chi connectivity index (χ0n) is 20.0. The van der Waals surface area contributed by atoms with Gasteiger partial charge in [0.1, 0.15) is 11.6 Å². The van der Waals surface area contributed by atoms with E-state index in [0.717, 1.165) is 82.3 Å². The molecule has 2 atom stereocenters. The van der Waals surface area contributed by atoms with Crippen LogP contribution in [0, 0.1) is 0 Å². The van der Waals surface area contributed by atoms with E-state index < -0.39 is 0 Å². The summed E-state index contributed by atoms with van der Waals surface area (Å²) in [5.74, 6) is 2.02. The molecule has 2 aliphatic rings. The molecule has 0 aliphatic carbocycles. The molecule has 0 saturated carbocycles. The van der Waals surface area contributed by atoms with Gasteiger partial charge in [-0.2, -0.15) is 0 Å². The Bertz CT molecular complexity index is 1500. The number of H-pyrrole nitrogens is 2. The second-order valence-corrected chi connectivity index (χ2v) is 9.71. The first-order valence-electron chi connectivity index (χ1n) is 12.7. The number of nitrogens with zero attached hydrogens (tertiary/aromatic N) is 4. The van der Waals surface area contributed by atoms with Crippen molar-refractivity contribution in [3.05, 3.63) is 72.8 Å². The first-order valence-corrected chi connectivity index (χ1v) is 12.7. The van der Waals surface area contributed by atoms with Crippen LogP contribution in [-0.4, -0.2) is 43.0 Å². The first-order chi connectivity index (χ1) is 17.8. The van der Waals surface area contributed by atoms with Crippen LogP contribution in [0.1, 0.15) is 49.4 Å². The van der Waals surface area contributed by atoms with Crippen molar-refractivity contribution in [3.63, 3.8) is 0 Å². The van der Waals surface area contributed by atoms with Gasteiger partial charge in [-0.25, -0.2) is 9.97 Å². The van der Waals surface area contributed by atoms with Crippen LogP contribution in [-0.2, 0) is 0 Å². The lowest BCUT2D eigenvalue weighted by Gasteiger charge is -2.07. The molecule has 4 aromatic heterocycles. The summed E-state index contributed by atoms with van der Waals surface area (Å²) >= 11 is 0. The van der Waals surface area contributed by atoms with Crippen molar-refractivity contribution >= 4 is 11.0 Å². The zero-order chi connectivity index (χ0) is 23.9. The average molecular weight is 477 g/mol. The molecule has 0 radical (unpaired) electrons. The van der Waals surface area contributed by atoms with E-state index >= 15 is 0 Å². The highest BCUT2D eigenvalue weighted by Crippen LogP contribution is 2.29. The second-order valence-electron chi connectivity index (χ2n) is 9.71. The van der Waals surface area contributed by atoms with E-state index in [1.165, 1.54) is 12.8 Å². The Morgan fingerprint density at radius 1 is 0.667 bits per heavy atom. The molecule has 180 valence electrons. The van der Waals surface area contributed by atoms with Crippen molar-refractivity contribution in [2.75, 3.05) is 13.1 Å². The number of nitrogens with one attached hydrogen (secondary N) is 4. The maximum absolute atomic E-state index is 4.81. The van der Waals surface area contributed by atoms with Crippen LogP contribution in [0.4, 0.5) is 0 Å². The van der Waals surface area contributed by atoms with Crippen molar-refractivity contribution in [3.8, 4) is 33.6 Å². The van der Waals surface area contributed by atoms with E-state index in [9.17, 15) is 0 Å². The summed E-state index contributed by atoms with van der Waals surface area (Å²) in [6.45, 7) is 2.11. The number of pyridine rings is 2. The van der Waals surface area contributed by atoms with Crippen LogP contribution >= 0.6 is 0 Å². The molecule has 1 aromatic carbocycles. The predicted octanol–water partition coefficient (Wildman–Crippen LogP) is 4.93. The summed E-state index contributed by atoms with van der Waals surface area (Å²) in [5.41, 5.74) is 7.93. The van der Waals surface area contributed by atoms with Gasteiger partial charge in [-0.05, 0) is 56.5 Å². The predicted molar refractivity (Wildman–Crippen MR) is 140 cm³/mol. The SMILES string of the molecule is c1cc(-c2c[nH]c([C@@H]3CCCN3)n2)ccc1-c1cnc2cc(-c3cnc([C@@H]4CCCN4)[nH]3)cnc2c1. The molecule has 5 aromatic rings. The van der Waals surface area contributed by atoms with Gasteiger partial charge >= 0.3 is 0 Å². The van der Waals surface area contributed by atoms with Gasteiger partial charge in [0.2, 0.25) is 0 Å². The molecule has 2 fully saturated rings. The van der Waals surface area contributed by atoms with E-state index in [4.69, 9.17) is 15.0 Å². The highest BCUT2D eigenvalue weighted by molar-refractivity contribution is 5.83. The van der Waals surface area contributed by atoms with Crippen LogP contribution < -0.4 is 10.6 Å². The lowest BCUT2D eigenvalue weighted by Crippen LogP contribution is -2.14. The third kappa shape index (κ3) is 3.98. The maximum Gasteiger partial charge on any atom is 0.124 e. The summed E-state index contributed by atoms with van der Waals surface area (Å²) in [5, 5.41) is 6.98. The van der Waals surface area contributed by atoms with Crippen LogP contribution in [0.25, 0.3) is 44.7 Å². The Kier molecular flexibility index (Phi) is 5.33. The molecular formula is C28H28N8. The summed E-state index contributed by atoms with van der Waals surface area (Å²) in [6, 6.07) is 13.3. The third-order valence-corrected chi connectivity index (χ3v) is 7.33. The summed E-state index contributed by atoms with van der Waals surface area (Å²) in [4.78, 5) is 25.6. The van der Waals surface area contributed by atoms with Crippen molar-refractivity contribution < 1.29 is 0 Å². The van der Waals surface area contributed by atoms with Crippen molar-refractivity contribution in [2.45, 2.75) is 37.8 Å². The fraction of sp³-hybridized carbons (Fsp3) is 0.286. The van der Waals surface area contributed by atoms with E-state index in [1.807, 2.05) is 24.8 Å². The second kappa shape index (κ2) is 8.96. The molecule has 0 bridgehead atoms. The van der Waals surface area contributed by atoms with E-state index in [0.29, 0.717) is 12.1 Å². The van der Waals surface area contributed by atoms with Crippen molar-refractivity contribution in [2.24, 2.45) is 0 Å². The fourth-order valence-corrected chi connectivity index (χ4v) is 5.30. The number of hydrogen-bond acceptors (Lipinski definition) is 6. The fourth-order valence-electron chi connectivity index (χ4n) is 5.30. The van der Waals surface area contributed by atoms with Gasteiger partial charge in [-0.1, -0.05) is 24.3 Å².